The van der Waals surface area contributed by atoms with Crippen LogP contribution in [0.1, 0.15) is 6.42 Å². The van der Waals surface area contributed by atoms with Crippen LogP contribution in [-0.4, -0.2) is 49.6 Å². The topological polar surface area (TPSA) is 100 Å². The van der Waals surface area contributed by atoms with Gasteiger partial charge < -0.3 is 24.3 Å². The van der Waals surface area contributed by atoms with E-state index in [9.17, 15) is 14.4 Å². The number of esters is 2. The molecule has 8 nitrogen and oxygen atoms in total. The third-order valence-electron chi connectivity index (χ3n) is 5.82. The fourth-order valence-corrected chi connectivity index (χ4v) is 5.66. The lowest BCUT2D eigenvalue weighted by Crippen LogP contribution is -2.39. The van der Waals surface area contributed by atoms with Crippen LogP contribution in [0.3, 0.4) is 0 Å². The predicted molar refractivity (Wildman–Crippen MR) is 100 cm³/mol. The molecule has 3 fully saturated rings. The van der Waals surface area contributed by atoms with Crippen LogP contribution in [0.4, 0.5) is 5.69 Å². The molecule has 4 rings (SSSR count). The zero-order valence-corrected chi connectivity index (χ0v) is 16.9. The van der Waals surface area contributed by atoms with E-state index in [1.54, 1.807) is 18.2 Å². The van der Waals surface area contributed by atoms with Crippen LogP contribution in [-0.2, 0) is 23.9 Å². The van der Waals surface area contributed by atoms with Crippen molar-refractivity contribution in [1.82, 2.24) is 0 Å². The van der Waals surface area contributed by atoms with E-state index in [-0.39, 0.29) is 28.7 Å². The summed E-state index contributed by atoms with van der Waals surface area (Å²) >= 11 is 3.55. The van der Waals surface area contributed by atoms with Crippen LogP contribution < -0.4 is 14.8 Å². The van der Waals surface area contributed by atoms with Gasteiger partial charge in [0.25, 0.3) is 5.91 Å². The molecule has 1 N–H and O–H groups in total. The quantitative estimate of drug-likeness (QED) is 0.517. The molecule has 1 saturated heterocycles. The number of benzene rings is 1. The van der Waals surface area contributed by atoms with E-state index < -0.39 is 30.3 Å². The normalized spacial score (nSPS) is 32.0. The van der Waals surface area contributed by atoms with E-state index in [0.29, 0.717) is 17.2 Å². The molecular weight excluding hydrogens is 434 g/mol. The molecule has 2 saturated carbocycles. The number of carbonyl (C=O) groups is 3. The molecule has 150 valence electrons. The van der Waals surface area contributed by atoms with Gasteiger partial charge in [-0.2, -0.15) is 0 Å². The second-order valence-corrected chi connectivity index (χ2v) is 8.24. The Bertz CT molecular complexity index is 829. The standard InChI is InChI=1S/C19H20BrNO7/c1-25-8-3-4-11(12(5-8)26-2)21-13(22)7-27-18(23)14-9-6-10-15(14)19(24)28-17(10)16(9)20/h3-5,9-10,14-17H,6-7H2,1-2H3,(H,21,22)/t9-,10-,14-,15+,16-,17+/m1/s1. The summed E-state index contributed by atoms with van der Waals surface area (Å²) in [5.41, 5.74) is 0.437. The van der Waals surface area contributed by atoms with Crippen molar-refractivity contribution in [2.75, 3.05) is 26.1 Å². The van der Waals surface area contributed by atoms with Gasteiger partial charge >= 0.3 is 11.9 Å². The van der Waals surface area contributed by atoms with Gasteiger partial charge in [-0.1, -0.05) is 15.9 Å². The number of anilines is 1. The fraction of sp³-hybridized carbons (Fsp3) is 0.526. The third kappa shape index (κ3) is 3.01. The molecule has 1 aliphatic heterocycles. The van der Waals surface area contributed by atoms with Gasteiger partial charge in [-0.05, 0) is 24.5 Å². The summed E-state index contributed by atoms with van der Waals surface area (Å²) in [5, 5.41) is 2.65. The molecule has 2 aliphatic carbocycles. The Hall–Kier alpha value is -2.29. The van der Waals surface area contributed by atoms with Crippen molar-refractivity contribution in [1.29, 1.82) is 0 Å². The Kier molecular flexibility index (Phi) is 4.95. The summed E-state index contributed by atoms with van der Waals surface area (Å²) in [5.74, 6) is -1.34. The van der Waals surface area contributed by atoms with Crippen LogP contribution in [0.2, 0.25) is 0 Å². The van der Waals surface area contributed by atoms with Crippen LogP contribution in [0.15, 0.2) is 18.2 Å². The van der Waals surface area contributed by atoms with Gasteiger partial charge in [0.05, 0.1) is 36.6 Å². The lowest BCUT2D eigenvalue weighted by Gasteiger charge is -2.26. The van der Waals surface area contributed by atoms with Crippen molar-refractivity contribution in [2.45, 2.75) is 17.4 Å². The molecule has 0 aromatic heterocycles. The summed E-state index contributed by atoms with van der Waals surface area (Å²) in [6, 6.07) is 4.95. The Morgan fingerprint density at radius 3 is 2.75 bits per heavy atom. The number of alkyl halides is 1. The Balaban J connectivity index is 1.37. The van der Waals surface area contributed by atoms with Crippen LogP contribution in [0.25, 0.3) is 0 Å². The minimum absolute atomic E-state index is 0.0105. The maximum Gasteiger partial charge on any atom is 0.310 e. The number of carbonyl (C=O) groups excluding carboxylic acids is 3. The molecule has 0 unspecified atom stereocenters. The SMILES string of the molecule is COc1ccc(NC(=O)COC(=O)[C@@H]2[C@H]3C[C@H]4[C@H](OC(=O)[C@@H]42)[C@@H]3Br)c(OC)c1. The summed E-state index contributed by atoms with van der Waals surface area (Å²) < 4.78 is 21.0. The molecular formula is C19H20BrNO7. The van der Waals surface area contributed by atoms with Gasteiger partial charge in [0.1, 0.15) is 17.6 Å². The number of fused-ring (bicyclic) bond motifs is 1. The number of halogens is 1. The van der Waals surface area contributed by atoms with E-state index in [0.717, 1.165) is 6.42 Å². The van der Waals surface area contributed by atoms with E-state index >= 15 is 0 Å². The zero-order chi connectivity index (χ0) is 20.0. The van der Waals surface area contributed by atoms with E-state index in [1.165, 1.54) is 14.2 Å². The Morgan fingerprint density at radius 1 is 1.25 bits per heavy atom. The summed E-state index contributed by atoms with van der Waals surface area (Å²) in [7, 11) is 3.01. The summed E-state index contributed by atoms with van der Waals surface area (Å²) in [4.78, 5) is 36.9. The zero-order valence-electron chi connectivity index (χ0n) is 15.3. The molecule has 0 radical (unpaired) electrons. The van der Waals surface area contributed by atoms with Gasteiger partial charge in [0, 0.05) is 12.0 Å². The number of nitrogens with one attached hydrogen (secondary N) is 1. The second kappa shape index (κ2) is 7.27. The molecule has 2 bridgehead atoms. The van der Waals surface area contributed by atoms with Crippen molar-refractivity contribution < 1.29 is 33.3 Å². The van der Waals surface area contributed by atoms with Crippen molar-refractivity contribution in [3.63, 3.8) is 0 Å². The maximum atomic E-state index is 12.6. The smallest absolute Gasteiger partial charge is 0.310 e. The van der Waals surface area contributed by atoms with E-state index in [2.05, 4.69) is 21.2 Å². The number of amides is 1. The van der Waals surface area contributed by atoms with Gasteiger partial charge in [-0.25, -0.2) is 0 Å². The first kappa shape index (κ1) is 19.0. The highest BCUT2D eigenvalue weighted by Gasteiger charge is 2.68. The van der Waals surface area contributed by atoms with E-state index in [4.69, 9.17) is 18.9 Å². The molecule has 9 heteroatoms. The minimum Gasteiger partial charge on any atom is -0.497 e. The number of hydrogen-bond donors (Lipinski definition) is 1. The number of ether oxygens (including phenoxy) is 4. The summed E-state index contributed by atoms with van der Waals surface area (Å²) in [6.45, 7) is -0.444. The van der Waals surface area contributed by atoms with Crippen molar-refractivity contribution in [2.24, 2.45) is 23.7 Å². The molecule has 1 aromatic rings. The largest absolute Gasteiger partial charge is 0.497 e. The van der Waals surface area contributed by atoms with Crippen LogP contribution in [0.5, 0.6) is 11.5 Å². The molecule has 28 heavy (non-hydrogen) atoms. The lowest BCUT2D eigenvalue weighted by molar-refractivity contribution is -0.157. The molecule has 3 aliphatic rings. The molecule has 1 aromatic carbocycles. The highest BCUT2D eigenvalue weighted by atomic mass is 79.9. The first-order valence-electron chi connectivity index (χ1n) is 8.97. The predicted octanol–water partition coefficient (Wildman–Crippen LogP) is 1.76. The highest BCUT2D eigenvalue weighted by Crippen LogP contribution is 2.60. The average molecular weight is 454 g/mol. The van der Waals surface area contributed by atoms with Gasteiger partial charge in [-0.3, -0.25) is 14.4 Å². The first-order valence-corrected chi connectivity index (χ1v) is 9.89. The Morgan fingerprint density at radius 2 is 2.04 bits per heavy atom. The molecule has 1 amide bonds. The second-order valence-electron chi connectivity index (χ2n) is 7.18. The maximum absolute atomic E-state index is 12.6. The molecule has 0 spiro atoms. The third-order valence-corrected chi connectivity index (χ3v) is 7.02. The van der Waals surface area contributed by atoms with Gasteiger partial charge in [-0.15, -0.1) is 0 Å². The fourth-order valence-electron chi connectivity index (χ4n) is 4.62. The van der Waals surface area contributed by atoms with Crippen molar-refractivity contribution in [3.8, 4) is 11.5 Å². The highest BCUT2D eigenvalue weighted by molar-refractivity contribution is 9.09. The van der Waals surface area contributed by atoms with Gasteiger partial charge in [0.15, 0.2) is 6.61 Å². The first-order chi connectivity index (χ1) is 13.4. The van der Waals surface area contributed by atoms with Crippen molar-refractivity contribution >= 4 is 39.5 Å². The van der Waals surface area contributed by atoms with Crippen LogP contribution >= 0.6 is 15.9 Å². The molecule has 1 heterocycles. The van der Waals surface area contributed by atoms with E-state index in [1.807, 2.05) is 0 Å². The van der Waals surface area contributed by atoms with Crippen molar-refractivity contribution in [3.05, 3.63) is 18.2 Å². The number of methoxy groups -OCH3 is 2. The Labute approximate surface area is 170 Å². The monoisotopic (exact) mass is 453 g/mol. The average Bonchev–Trinajstić information content (AvgIpc) is 3.30. The molecule has 6 atom stereocenters. The van der Waals surface area contributed by atoms with Crippen LogP contribution in [0, 0.1) is 23.7 Å². The number of rotatable bonds is 6. The minimum atomic E-state index is -0.566. The summed E-state index contributed by atoms with van der Waals surface area (Å²) in [6.07, 6.45) is 0.601. The van der Waals surface area contributed by atoms with Gasteiger partial charge in [0.2, 0.25) is 0 Å². The lowest BCUT2D eigenvalue weighted by atomic mass is 9.80. The number of hydrogen-bond acceptors (Lipinski definition) is 7.